The summed E-state index contributed by atoms with van der Waals surface area (Å²) in [4.78, 5) is 0. The van der Waals surface area contributed by atoms with E-state index in [2.05, 4.69) is 34.7 Å². The number of anilines is 1. The Labute approximate surface area is 142 Å². The first-order valence-corrected chi connectivity index (χ1v) is 8.61. The number of hydrogen-bond donors (Lipinski definition) is 2. The predicted molar refractivity (Wildman–Crippen MR) is 94.5 cm³/mol. The van der Waals surface area contributed by atoms with Gasteiger partial charge in [-0.15, -0.1) is 5.10 Å². The molecule has 128 valence electrons. The smallest absolute Gasteiger partial charge is 0.148 e. The number of nitrogens with one attached hydrogen (secondary N) is 2. The number of hydrogen-bond acceptors (Lipinski definition) is 4. The van der Waals surface area contributed by atoms with Crippen molar-refractivity contribution in [2.75, 3.05) is 18.4 Å². The van der Waals surface area contributed by atoms with Gasteiger partial charge in [-0.1, -0.05) is 32.4 Å². The molecule has 4 nitrogen and oxygen atoms in total. The number of nitrogens with zero attached hydrogens (tertiary/aromatic N) is 2. The van der Waals surface area contributed by atoms with Crippen LogP contribution in [0.2, 0.25) is 0 Å². The van der Waals surface area contributed by atoms with E-state index in [0.29, 0.717) is 12.6 Å². The Balaban J connectivity index is 1.60. The zero-order valence-corrected chi connectivity index (χ0v) is 14.3. The SMILES string of the molecule is CC(C)(CNc1ccc(C2CCCCN2)nn1)c1ccc(F)cc1. The molecule has 0 spiro atoms. The molecular formula is C19H25FN4. The highest BCUT2D eigenvalue weighted by Gasteiger charge is 2.21. The maximum absolute atomic E-state index is 13.1. The molecule has 0 radical (unpaired) electrons. The lowest BCUT2D eigenvalue weighted by atomic mass is 9.84. The lowest BCUT2D eigenvalue weighted by molar-refractivity contribution is 0.403. The molecular weight excluding hydrogens is 303 g/mol. The van der Waals surface area contributed by atoms with Gasteiger partial charge >= 0.3 is 0 Å². The summed E-state index contributed by atoms with van der Waals surface area (Å²) in [6, 6.07) is 11.0. The van der Waals surface area contributed by atoms with Gasteiger partial charge in [-0.2, -0.15) is 5.10 Å². The van der Waals surface area contributed by atoms with Crippen LogP contribution in [0.1, 0.15) is 50.4 Å². The molecule has 1 aliphatic rings. The molecule has 0 aliphatic carbocycles. The van der Waals surface area contributed by atoms with E-state index in [9.17, 15) is 4.39 Å². The van der Waals surface area contributed by atoms with Gasteiger partial charge in [-0.25, -0.2) is 4.39 Å². The van der Waals surface area contributed by atoms with Gasteiger partial charge < -0.3 is 10.6 Å². The topological polar surface area (TPSA) is 49.8 Å². The van der Waals surface area contributed by atoms with Gasteiger partial charge in [0, 0.05) is 12.0 Å². The van der Waals surface area contributed by atoms with Gasteiger partial charge in [-0.05, 0) is 49.2 Å². The van der Waals surface area contributed by atoms with E-state index in [-0.39, 0.29) is 11.2 Å². The summed E-state index contributed by atoms with van der Waals surface area (Å²) in [6.45, 7) is 6.01. The fourth-order valence-electron chi connectivity index (χ4n) is 3.04. The van der Waals surface area contributed by atoms with E-state index in [1.54, 1.807) is 0 Å². The normalized spacial score (nSPS) is 18.4. The molecule has 24 heavy (non-hydrogen) atoms. The molecule has 1 atom stereocenters. The minimum Gasteiger partial charge on any atom is -0.368 e. The Morgan fingerprint density at radius 2 is 1.92 bits per heavy atom. The average Bonchev–Trinajstić information content (AvgIpc) is 2.62. The Hall–Kier alpha value is -2.01. The highest BCUT2D eigenvalue weighted by atomic mass is 19.1. The van der Waals surface area contributed by atoms with Crippen molar-refractivity contribution >= 4 is 5.82 Å². The van der Waals surface area contributed by atoms with Crippen LogP contribution in [0.15, 0.2) is 36.4 Å². The van der Waals surface area contributed by atoms with Gasteiger partial charge in [0.15, 0.2) is 0 Å². The summed E-state index contributed by atoms with van der Waals surface area (Å²) in [5.41, 5.74) is 1.98. The number of rotatable bonds is 5. The molecule has 2 N–H and O–H groups in total. The molecule has 5 heteroatoms. The Kier molecular flexibility index (Phi) is 5.09. The lowest BCUT2D eigenvalue weighted by Crippen LogP contribution is -2.29. The molecule has 0 amide bonds. The van der Waals surface area contributed by atoms with Crippen LogP contribution >= 0.6 is 0 Å². The van der Waals surface area contributed by atoms with Crippen molar-refractivity contribution in [3.05, 3.63) is 53.5 Å². The van der Waals surface area contributed by atoms with Crippen LogP contribution < -0.4 is 10.6 Å². The van der Waals surface area contributed by atoms with Crippen LogP contribution in [0.4, 0.5) is 10.2 Å². The average molecular weight is 328 g/mol. The molecule has 1 aliphatic heterocycles. The molecule has 0 bridgehead atoms. The maximum atomic E-state index is 13.1. The van der Waals surface area contributed by atoms with Crippen LogP contribution in [0.5, 0.6) is 0 Å². The highest BCUT2D eigenvalue weighted by Crippen LogP contribution is 2.24. The van der Waals surface area contributed by atoms with E-state index in [4.69, 9.17) is 0 Å². The first kappa shape index (κ1) is 16.8. The number of piperidine rings is 1. The summed E-state index contributed by atoms with van der Waals surface area (Å²) in [5, 5.41) is 15.5. The second kappa shape index (κ2) is 7.26. The van der Waals surface area contributed by atoms with Crippen LogP contribution in [-0.4, -0.2) is 23.3 Å². The zero-order chi connectivity index (χ0) is 17.0. The first-order chi connectivity index (χ1) is 11.5. The predicted octanol–water partition coefficient (Wildman–Crippen LogP) is 3.82. The molecule has 0 saturated carbocycles. The summed E-state index contributed by atoms with van der Waals surface area (Å²) in [6.07, 6.45) is 3.60. The summed E-state index contributed by atoms with van der Waals surface area (Å²) in [5.74, 6) is 0.560. The molecule has 2 aromatic rings. The molecule has 2 heterocycles. The van der Waals surface area contributed by atoms with Gasteiger partial charge in [0.1, 0.15) is 11.6 Å². The number of halogens is 1. The van der Waals surface area contributed by atoms with Crippen molar-refractivity contribution < 1.29 is 4.39 Å². The highest BCUT2D eigenvalue weighted by molar-refractivity contribution is 5.36. The lowest BCUT2D eigenvalue weighted by Gasteiger charge is -2.26. The van der Waals surface area contributed by atoms with Crippen molar-refractivity contribution in [3.8, 4) is 0 Å². The minimum absolute atomic E-state index is 0.126. The standard InChI is InChI=1S/C19H25FN4/c1-19(2,14-6-8-15(20)9-7-14)13-22-18-11-10-17(23-24-18)16-5-3-4-12-21-16/h6-11,16,21H,3-5,12-13H2,1-2H3,(H,22,24). The first-order valence-electron chi connectivity index (χ1n) is 8.61. The fourth-order valence-corrected chi connectivity index (χ4v) is 3.04. The quantitative estimate of drug-likeness (QED) is 0.876. The third kappa shape index (κ3) is 4.09. The van der Waals surface area contributed by atoms with Crippen LogP contribution in [-0.2, 0) is 5.41 Å². The Morgan fingerprint density at radius 1 is 1.12 bits per heavy atom. The third-order valence-electron chi connectivity index (χ3n) is 4.69. The van der Waals surface area contributed by atoms with Crippen molar-refractivity contribution in [1.29, 1.82) is 0 Å². The molecule has 1 aromatic heterocycles. The molecule has 1 fully saturated rings. The van der Waals surface area contributed by atoms with Gasteiger partial charge in [0.25, 0.3) is 0 Å². The monoisotopic (exact) mass is 328 g/mol. The van der Waals surface area contributed by atoms with Crippen LogP contribution in [0.3, 0.4) is 0 Å². The zero-order valence-electron chi connectivity index (χ0n) is 14.3. The largest absolute Gasteiger partial charge is 0.368 e. The van der Waals surface area contributed by atoms with E-state index >= 15 is 0 Å². The van der Waals surface area contributed by atoms with Crippen molar-refractivity contribution in [3.63, 3.8) is 0 Å². The van der Waals surface area contributed by atoms with Gasteiger partial charge in [0.05, 0.1) is 11.7 Å². The van der Waals surface area contributed by atoms with Gasteiger partial charge in [-0.3, -0.25) is 0 Å². The molecule has 1 unspecified atom stereocenters. The van der Waals surface area contributed by atoms with E-state index in [0.717, 1.165) is 30.0 Å². The second-order valence-corrected chi connectivity index (χ2v) is 7.09. The van der Waals surface area contributed by atoms with Gasteiger partial charge in [0.2, 0.25) is 0 Å². The molecule has 1 saturated heterocycles. The van der Waals surface area contributed by atoms with E-state index in [1.165, 1.54) is 25.0 Å². The number of aromatic nitrogens is 2. The summed E-state index contributed by atoms with van der Waals surface area (Å²) in [7, 11) is 0. The van der Waals surface area contributed by atoms with Crippen molar-refractivity contribution in [2.45, 2.75) is 44.6 Å². The fraction of sp³-hybridized carbons (Fsp3) is 0.474. The minimum atomic E-state index is -0.208. The second-order valence-electron chi connectivity index (χ2n) is 7.09. The van der Waals surface area contributed by atoms with E-state index in [1.807, 2.05) is 24.3 Å². The van der Waals surface area contributed by atoms with Crippen LogP contribution in [0.25, 0.3) is 0 Å². The van der Waals surface area contributed by atoms with E-state index < -0.39 is 0 Å². The maximum Gasteiger partial charge on any atom is 0.148 e. The van der Waals surface area contributed by atoms with Crippen molar-refractivity contribution in [1.82, 2.24) is 15.5 Å². The molecule has 3 rings (SSSR count). The molecule has 1 aromatic carbocycles. The summed E-state index contributed by atoms with van der Waals surface area (Å²) >= 11 is 0. The third-order valence-corrected chi connectivity index (χ3v) is 4.69. The Bertz CT molecular complexity index is 646. The van der Waals surface area contributed by atoms with Crippen LogP contribution in [0, 0.1) is 5.82 Å². The summed E-state index contributed by atoms with van der Waals surface area (Å²) < 4.78 is 13.1. The Morgan fingerprint density at radius 3 is 2.54 bits per heavy atom. The number of benzene rings is 1. The van der Waals surface area contributed by atoms with Crippen molar-refractivity contribution in [2.24, 2.45) is 0 Å².